The van der Waals surface area contributed by atoms with Crippen molar-refractivity contribution < 1.29 is 14.7 Å². The summed E-state index contributed by atoms with van der Waals surface area (Å²) in [7, 11) is 0. The van der Waals surface area contributed by atoms with E-state index in [2.05, 4.69) is 0 Å². The Labute approximate surface area is 113 Å². The number of hydrogen-bond donors (Lipinski definition) is 2. The molecule has 19 heavy (non-hydrogen) atoms. The Kier molecular flexibility index (Phi) is 4.98. The van der Waals surface area contributed by atoms with Gasteiger partial charge < -0.3 is 4.74 Å². The number of nitrogens with one attached hydrogen (secondary N) is 1. The molecule has 0 spiro atoms. The van der Waals surface area contributed by atoms with E-state index in [1.54, 1.807) is 11.6 Å². The molecule has 1 aliphatic rings. The molecule has 2 rings (SSSR count). The standard InChI is InChI=1S/C15H19NO3/c17-15(16-18)11-8-12-6-9-14(10-7-12)19-13-4-2-1-3-5-13/h6-11,13,18H,1-5H2,(H,16,17)/b11-8+. The van der Waals surface area contributed by atoms with Crippen molar-refractivity contribution in [2.45, 2.75) is 38.2 Å². The smallest absolute Gasteiger partial charge is 0.267 e. The molecule has 0 atom stereocenters. The molecule has 0 heterocycles. The summed E-state index contributed by atoms with van der Waals surface area (Å²) >= 11 is 0. The number of hydroxylamine groups is 1. The maximum absolute atomic E-state index is 10.8. The summed E-state index contributed by atoms with van der Waals surface area (Å²) in [6.45, 7) is 0. The predicted octanol–water partition coefficient (Wildman–Crippen LogP) is 2.92. The average molecular weight is 261 g/mol. The predicted molar refractivity (Wildman–Crippen MR) is 72.9 cm³/mol. The third kappa shape index (κ3) is 4.41. The van der Waals surface area contributed by atoms with E-state index in [1.165, 1.54) is 25.3 Å². The molecular weight excluding hydrogens is 242 g/mol. The van der Waals surface area contributed by atoms with Gasteiger partial charge in [-0.1, -0.05) is 18.6 Å². The molecular formula is C15H19NO3. The molecule has 1 amide bonds. The lowest BCUT2D eigenvalue weighted by atomic mass is 9.98. The zero-order chi connectivity index (χ0) is 13.5. The summed E-state index contributed by atoms with van der Waals surface area (Å²) in [5, 5.41) is 8.37. The lowest BCUT2D eigenvalue weighted by Crippen LogP contribution is -2.19. The van der Waals surface area contributed by atoms with Crippen molar-refractivity contribution in [3.8, 4) is 5.75 Å². The van der Waals surface area contributed by atoms with E-state index in [4.69, 9.17) is 9.94 Å². The Morgan fingerprint density at radius 3 is 2.53 bits per heavy atom. The molecule has 1 saturated carbocycles. The van der Waals surface area contributed by atoms with Crippen molar-refractivity contribution in [3.05, 3.63) is 35.9 Å². The normalized spacial score (nSPS) is 16.5. The topological polar surface area (TPSA) is 58.6 Å². The molecule has 4 nitrogen and oxygen atoms in total. The Morgan fingerprint density at radius 1 is 1.21 bits per heavy atom. The first-order valence-electron chi connectivity index (χ1n) is 6.67. The first kappa shape index (κ1) is 13.6. The largest absolute Gasteiger partial charge is 0.490 e. The Morgan fingerprint density at radius 2 is 1.89 bits per heavy atom. The lowest BCUT2D eigenvalue weighted by molar-refractivity contribution is -0.124. The number of rotatable bonds is 4. The number of benzene rings is 1. The van der Waals surface area contributed by atoms with Crippen LogP contribution in [0.2, 0.25) is 0 Å². The Balaban J connectivity index is 1.90. The van der Waals surface area contributed by atoms with Crippen molar-refractivity contribution >= 4 is 12.0 Å². The van der Waals surface area contributed by atoms with Crippen LogP contribution in [-0.4, -0.2) is 17.2 Å². The van der Waals surface area contributed by atoms with Crippen LogP contribution in [0.1, 0.15) is 37.7 Å². The number of carbonyl (C=O) groups is 1. The third-order valence-corrected chi connectivity index (χ3v) is 3.27. The molecule has 1 fully saturated rings. The van der Waals surface area contributed by atoms with Crippen molar-refractivity contribution in [2.75, 3.05) is 0 Å². The fourth-order valence-corrected chi connectivity index (χ4v) is 2.24. The monoisotopic (exact) mass is 261 g/mol. The van der Waals surface area contributed by atoms with Gasteiger partial charge in [-0.05, 0) is 49.5 Å². The Bertz CT molecular complexity index is 433. The van der Waals surface area contributed by atoms with Crippen LogP contribution >= 0.6 is 0 Å². The Hall–Kier alpha value is -1.81. The van der Waals surface area contributed by atoms with Gasteiger partial charge in [-0.15, -0.1) is 0 Å². The summed E-state index contributed by atoms with van der Waals surface area (Å²) in [4.78, 5) is 10.8. The van der Waals surface area contributed by atoms with E-state index in [0.29, 0.717) is 6.10 Å². The van der Waals surface area contributed by atoms with E-state index in [9.17, 15) is 4.79 Å². The summed E-state index contributed by atoms with van der Waals surface area (Å²) < 4.78 is 5.91. The highest BCUT2D eigenvalue weighted by Crippen LogP contribution is 2.23. The van der Waals surface area contributed by atoms with Crippen molar-refractivity contribution in [2.24, 2.45) is 0 Å². The molecule has 4 heteroatoms. The van der Waals surface area contributed by atoms with Crippen molar-refractivity contribution in [3.63, 3.8) is 0 Å². The van der Waals surface area contributed by atoms with Gasteiger partial charge in [-0.25, -0.2) is 5.48 Å². The number of ether oxygens (including phenoxy) is 1. The molecule has 1 aromatic carbocycles. The highest BCUT2D eigenvalue weighted by Gasteiger charge is 2.14. The number of carbonyl (C=O) groups excluding carboxylic acids is 1. The van der Waals surface area contributed by atoms with Crippen molar-refractivity contribution in [1.82, 2.24) is 5.48 Å². The molecule has 0 unspecified atom stereocenters. The number of amides is 1. The van der Waals surface area contributed by atoms with Gasteiger partial charge in [0.1, 0.15) is 5.75 Å². The number of hydrogen-bond acceptors (Lipinski definition) is 3. The molecule has 0 saturated heterocycles. The van der Waals surface area contributed by atoms with Gasteiger partial charge in [0.25, 0.3) is 5.91 Å². The van der Waals surface area contributed by atoms with Crippen LogP contribution in [-0.2, 0) is 4.79 Å². The summed E-state index contributed by atoms with van der Waals surface area (Å²) in [6.07, 6.45) is 9.35. The van der Waals surface area contributed by atoms with Gasteiger partial charge in [-0.2, -0.15) is 0 Å². The summed E-state index contributed by atoms with van der Waals surface area (Å²) in [6, 6.07) is 7.59. The van der Waals surface area contributed by atoms with Crippen LogP contribution in [0.15, 0.2) is 30.3 Å². The average Bonchev–Trinajstić information content (AvgIpc) is 2.47. The second kappa shape index (κ2) is 6.95. The molecule has 1 aromatic rings. The molecule has 1 aliphatic carbocycles. The van der Waals surface area contributed by atoms with Crippen LogP contribution in [0.4, 0.5) is 0 Å². The maximum atomic E-state index is 10.8. The van der Waals surface area contributed by atoms with E-state index in [1.807, 2.05) is 24.3 Å². The second-order valence-corrected chi connectivity index (χ2v) is 4.76. The SMILES string of the molecule is O=C(/C=C/c1ccc(OC2CCCCC2)cc1)NO. The van der Waals surface area contributed by atoms with Gasteiger partial charge in [-0.3, -0.25) is 10.0 Å². The van der Waals surface area contributed by atoms with Crippen LogP contribution in [0, 0.1) is 0 Å². The van der Waals surface area contributed by atoms with Crippen LogP contribution in [0.25, 0.3) is 6.08 Å². The fraction of sp³-hybridized carbons (Fsp3) is 0.400. The van der Waals surface area contributed by atoms with E-state index >= 15 is 0 Å². The van der Waals surface area contributed by atoms with Gasteiger partial charge in [0, 0.05) is 6.08 Å². The van der Waals surface area contributed by atoms with Crippen LogP contribution in [0.3, 0.4) is 0 Å². The molecule has 102 valence electrons. The molecule has 0 bridgehead atoms. The minimum atomic E-state index is -0.539. The fourth-order valence-electron chi connectivity index (χ4n) is 2.24. The van der Waals surface area contributed by atoms with Crippen LogP contribution < -0.4 is 10.2 Å². The molecule has 0 radical (unpaired) electrons. The summed E-state index contributed by atoms with van der Waals surface area (Å²) in [5.41, 5.74) is 2.44. The van der Waals surface area contributed by atoms with Gasteiger partial charge >= 0.3 is 0 Å². The zero-order valence-corrected chi connectivity index (χ0v) is 10.8. The minimum absolute atomic E-state index is 0.343. The molecule has 2 N–H and O–H groups in total. The molecule has 0 aromatic heterocycles. The first-order chi connectivity index (χ1) is 9.28. The quantitative estimate of drug-likeness (QED) is 0.498. The highest BCUT2D eigenvalue weighted by atomic mass is 16.5. The van der Waals surface area contributed by atoms with Crippen molar-refractivity contribution in [1.29, 1.82) is 0 Å². The van der Waals surface area contributed by atoms with E-state index in [-0.39, 0.29) is 0 Å². The maximum Gasteiger partial charge on any atom is 0.267 e. The molecule has 0 aliphatic heterocycles. The second-order valence-electron chi connectivity index (χ2n) is 4.76. The van der Waals surface area contributed by atoms with Gasteiger partial charge in [0.05, 0.1) is 6.10 Å². The van der Waals surface area contributed by atoms with Gasteiger partial charge in [0.2, 0.25) is 0 Å². The van der Waals surface area contributed by atoms with E-state index < -0.39 is 5.91 Å². The zero-order valence-electron chi connectivity index (χ0n) is 10.8. The van der Waals surface area contributed by atoms with Gasteiger partial charge in [0.15, 0.2) is 0 Å². The third-order valence-electron chi connectivity index (χ3n) is 3.27. The highest BCUT2D eigenvalue weighted by molar-refractivity contribution is 5.90. The first-order valence-corrected chi connectivity index (χ1v) is 6.67. The summed E-state index contributed by atoms with van der Waals surface area (Å²) in [5.74, 6) is 0.332. The minimum Gasteiger partial charge on any atom is -0.490 e. The van der Waals surface area contributed by atoms with E-state index in [0.717, 1.165) is 24.2 Å². The lowest BCUT2D eigenvalue weighted by Gasteiger charge is -2.22. The van der Waals surface area contributed by atoms with Crippen LogP contribution in [0.5, 0.6) is 5.75 Å².